The Morgan fingerprint density at radius 2 is 2.38 bits per heavy atom. The molecule has 1 fully saturated rings. The highest BCUT2D eigenvalue weighted by molar-refractivity contribution is 8.15. The molecule has 1 atom stereocenters. The highest BCUT2D eigenvalue weighted by Gasteiger charge is 2.32. The van der Waals surface area contributed by atoms with Crippen LogP contribution in [0.4, 0.5) is 4.39 Å². The lowest BCUT2D eigenvalue weighted by atomic mass is 10.1. The number of rotatable bonds is 4. The van der Waals surface area contributed by atoms with Gasteiger partial charge in [-0.3, -0.25) is 9.59 Å². The molecule has 0 spiro atoms. The van der Waals surface area contributed by atoms with Gasteiger partial charge in [0.15, 0.2) is 12.0 Å². The Hall–Kier alpha value is -2.46. The molecule has 0 bridgehead atoms. The number of nitrogens with zero attached hydrogens (tertiary/aromatic N) is 2. The zero-order chi connectivity index (χ0) is 17.1. The number of ether oxygens (including phenoxy) is 2. The zero-order valence-electron chi connectivity index (χ0n) is 12.2. The number of nitrogens with one attached hydrogen (secondary N) is 1. The summed E-state index contributed by atoms with van der Waals surface area (Å²) in [5.74, 6) is -1.49. The molecule has 2 N–H and O–H groups in total. The number of carboxylic acids is 1. The first kappa shape index (κ1) is 16.4. The third-order valence-electron chi connectivity index (χ3n) is 3.19. The molecule has 1 saturated heterocycles. The predicted octanol–water partition coefficient (Wildman–Crippen LogP) is 1.09. The molecule has 10 heteroatoms. The molecular formula is C14H12FN3O5S. The van der Waals surface area contributed by atoms with Crippen molar-refractivity contribution in [3.8, 4) is 5.75 Å². The number of thioether (sulfide) groups is 1. The molecule has 1 amide bonds. The second-order valence-electron chi connectivity index (χ2n) is 4.94. The molecule has 3 rings (SSSR count). The van der Waals surface area contributed by atoms with Crippen LogP contribution in [0.1, 0.15) is 17.5 Å². The summed E-state index contributed by atoms with van der Waals surface area (Å²) in [6.07, 6.45) is 1.00. The van der Waals surface area contributed by atoms with E-state index < -0.39 is 22.9 Å². The van der Waals surface area contributed by atoms with E-state index in [2.05, 4.69) is 15.5 Å². The molecule has 8 nitrogen and oxygen atoms in total. The number of carbonyl (C=O) groups excluding carboxylic acids is 1. The summed E-state index contributed by atoms with van der Waals surface area (Å²) in [5.41, 5.74) is 0.967. The number of benzene rings is 1. The minimum absolute atomic E-state index is 0.0662. The number of carboxylic acid groups (broad SMARTS) is 1. The Labute approximate surface area is 139 Å². The summed E-state index contributed by atoms with van der Waals surface area (Å²) in [6.45, 7) is 0.308. The van der Waals surface area contributed by atoms with Gasteiger partial charge in [0.05, 0.1) is 19.2 Å². The van der Waals surface area contributed by atoms with Crippen molar-refractivity contribution < 1.29 is 28.6 Å². The van der Waals surface area contributed by atoms with Crippen LogP contribution in [0, 0.1) is 5.82 Å². The van der Waals surface area contributed by atoms with Crippen LogP contribution in [0.15, 0.2) is 22.3 Å². The number of halogens is 1. The van der Waals surface area contributed by atoms with E-state index in [0.29, 0.717) is 16.9 Å². The van der Waals surface area contributed by atoms with E-state index in [9.17, 15) is 14.0 Å². The molecule has 2 aliphatic rings. The molecule has 24 heavy (non-hydrogen) atoms. The summed E-state index contributed by atoms with van der Waals surface area (Å²) in [7, 11) is 0. The Morgan fingerprint density at radius 1 is 1.54 bits per heavy atom. The smallest absolute Gasteiger partial charge is 0.305 e. The van der Waals surface area contributed by atoms with Gasteiger partial charge < -0.3 is 19.9 Å². The van der Waals surface area contributed by atoms with Crippen molar-refractivity contribution >= 4 is 35.0 Å². The van der Waals surface area contributed by atoms with Crippen molar-refractivity contribution in [1.82, 2.24) is 5.32 Å². The van der Waals surface area contributed by atoms with E-state index in [1.807, 2.05) is 0 Å². The molecular weight excluding hydrogens is 341 g/mol. The lowest BCUT2D eigenvalue weighted by molar-refractivity contribution is -0.138. The molecule has 1 unspecified atom stereocenters. The molecule has 0 saturated carbocycles. The first-order valence-corrected chi connectivity index (χ1v) is 7.74. The minimum atomic E-state index is -1.07. The molecule has 0 aromatic heterocycles. The highest BCUT2D eigenvalue weighted by atomic mass is 32.2. The second-order valence-corrected chi connectivity index (χ2v) is 6.13. The Kier molecular flexibility index (Phi) is 4.76. The summed E-state index contributed by atoms with van der Waals surface area (Å²) < 4.78 is 24.0. The Morgan fingerprint density at radius 3 is 3.17 bits per heavy atom. The molecule has 0 aliphatic carbocycles. The maximum Gasteiger partial charge on any atom is 0.305 e. The SMILES string of the molecule is O=C(O)CC1SC(=NN=Cc2cc(F)cc3c2OCOC3)NC1=O. The number of amidine groups is 1. The molecule has 126 valence electrons. The van der Waals surface area contributed by atoms with E-state index >= 15 is 0 Å². The van der Waals surface area contributed by atoms with Crippen LogP contribution >= 0.6 is 11.8 Å². The van der Waals surface area contributed by atoms with Crippen molar-refractivity contribution in [3.05, 3.63) is 29.1 Å². The fourth-order valence-electron chi connectivity index (χ4n) is 2.19. The van der Waals surface area contributed by atoms with Crippen LogP contribution in [0.3, 0.4) is 0 Å². The van der Waals surface area contributed by atoms with Crippen LogP contribution in [-0.2, 0) is 20.9 Å². The van der Waals surface area contributed by atoms with Crippen LogP contribution in [0.2, 0.25) is 0 Å². The lowest BCUT2D eigenvalue weighted by Crippen LogP contribution is -2.26. The number of carbonyl (C=O) groups is 2. The third-order valence-corrected chi connectivity index (χ3v) is 4.26. The van der Waals surface area contributed by atoms with E-state index in [1.165, 1.54) is 18.3 Å². The standard InChI is InChI=1S/C14H12FN3O5S/c15-9-1-7(12-8(2-9)5-22-6-23-12)4-16-18-14-17-13(21)10(24-14)3-11(19)20/h1-2,4,10H,3,5-6H2,(H,19,20)(H,17,18,21). The normalized spacial score (nSPS) is 21.6. The lowest BCUT2D eigenvalue weighted by Gasteiger charge is -2.19. The molecule has 2 aliphatic heterocycles. The van der Waals surface area contributed by atoms with Gasteiger partial charge in [-0.15, -0.1) is 5.10 Å². The first-order valence-electron chi connectivity index (χ1n) is 6.86. The van der Waals surface area contributed by atoms with E-state index in [-0.39, 0.29) is 25.0 Å². The molecule has 1 aromatic rings. The van der Waals surface area contributed by atoms with Crippen molar-refractivity contribution in [2.75, 3.05) is 6.79 Å². The van der Waals surface area contributed by atoms with E-state index in [1.54, 1.807) is 0 Å². The zero-order valence-corrected chi connectivity index (χ0v) is 13.0. The Bertz CT molecular complexity index is 752. The summed E-state index contributed by atoms with van der Waals surface area (Å²) >= 11 is 0.984. The fraction of sp³-hybridized carbons (Fsp3) is 0.286. The molecule has 2 heterocycles. The van der Waals surface area contributed by atoms with Gasteiger partial charge in [-0.25, -0.2) is 4.39 Å². The van der Waals surface area contributed by atoms with Gasteiger partial charge >= 0.3 is 5.97 Å². The first-order chi connectivity index (χ1) is 11.5. The van der Waals surface area contributed by atoms with E-state index in [0.717, 1.165) is 11.8 Å². The molecule has 0 radical (unpaired) electrons. The van der Waals surface area contributed by atoms with E-state index in [4.69, 9.17) is 14.6 Å². The average molecular weight is 353 g/mol. The minimum Gasteiger partial charge on any atom is -0.481 e. The fourth-order valence-corrected chi connectivity index (χ4v) is 3.11. The highest BCUT2D eigenvalue weighted by Crippen LogP contribution is 2.28. The topological polar surface area (TPSA) is 110 Å². The molecule has 1 aromatic carbocycles. The third kappa shape index (κ3) is 3.71. The van der Waals surface area contributed by atoms with Crippen molar-refractivity contribution in [1.29, 1.82) is 0 Å². The van der Waals surface area contributed by atoms with Gasteiger partial charge in [-0.1, -0.05) is 11.8 Å². The van der Waals surface area contributed by atoms with Gasteiger partial charge in [0, 0.05) is 11.1 Å². The van der Waals surface area contributed by atoms with Gasteiger partial charge in [-0.05, 0) is 12.1 Å². The average Bonchev–Trinajstić information content (AvgIpc) is 2.86. The maximum absolute atomic E-state index is 13.6. The monoisotopic (exact) mass is 353 g/mol. The van der Waals surface area contributed by atoms with Crippen molar-refractivity contribution in [2.24, 2.45) is 10.2 Å². The van der Waals surface area contributed by atoms with Crippen LogP contribution in [-0.4, -0.2) is 40.4 Å². The Balaban J connectivity index is 1.74. The quantitative estimate of drug-likeness (QED) is 0.619. The summed E-state index contributed by atoms with van der Waals surface area (Å²) in [4.78, 5) is 22.2. The van der Waals surface area contributed by atoms with Gasteiger partial charge in [0.2, 0.25) is 5.91 Å². The van der Waals surface area contributed by atoms with Crippen LogP contribution < -0.4 is 10.1 Å². The predicted molar refractivity (Wildman–Crippen MR) is 83.5 cm³/mol. The maximum atomic E-state index is 13.6. The summed E-state index contributed by atoms with van der Waals surface area (Å²) in [6, 6.07) is 2.57. The number of amides is 1. The largest absolute Gasteiger partial charge is 0.481 e. The van der Waals surface area contributed by atoms with Gasteiger partial charge in [0.25, 0.3) is 0 Å². The van der Waals surface area contributed by atoms with Crippen molar-refractivity contribution in [2.45, 2.75) is 18.3 Å². The number of aliphatic carboxylic acids is 1. The summed E-state index contributed by atoms with van der Waals surface area (Å²) in [5, 5.41) is 18.2. The van der Waals surface area contributed by atoms with Crippen molar-refractivity contribution in [3.63, 3.8) is 0 Å². The van der Waals surface area contributed by atoms with Gasteiger partial charge in [0.1, 0.15) is 16.8 Å². The van der Waals surface area contributed by atoms with Crippen LogP contribution in [0.5, 0.6) is 5.75 Å². The second kappa shape index (κ2) is 6.97. The van der Waals surface area contributed by atoms with Gasteiger partial charge in [-0.2, -0.15) is 5.10 Å². The number of hydrogen-bond donors (Lipinski definition) is 2. The number of hydrogen-bond acceptors (Lipinski definition) is 7. The number of fused-ring (bicyclic) bond motifs is 1. The van der Waals surface area contributed by atoms with Crippen LogP contribution in [0.25, 0.3) is 0 Å².